The van der Waals surface area contributed by atoms with E-state index in [-0.39, 0.29) is 17.0 Å². The zero-order valence-electron chi connectivity index (χ0n) is 18.9. The lowest BCUT2D eigenvalue weighted by molar-refractivity contribution is -0.120. The lowest BCUT2D eigenvalue weighted by atomic mass is 9.61. The lowest BCUT2D eigenvalue weighted by Gasteiger charge is -2.48. The van der Waals surface area contributed by atoms with Gasteiger partial charge in [-0.25, -0.2) is 8.42 Å². The minimum atomic E-state index is -3.47. The highest BCUT2D eigenvalue weighted by Crippen LogP contribution is 2.52. The zero-order chi connectivity index (χ0) is 22.8. The smallest absolute Gasteiger partial charge is 0.250 e. The van der Waals surface area contributed by atoms with Crippen LogP contribution in [-0.4, -0.2) is 31.3 Å². The van der Waals surface area contributed by atoms with Gasteiger partial charge in [-0.2, -0.15) is 10.2 Å². The van der Waals surface area contributed by atoms with Gasteiger partial charge in [0, 0.05) is 23.2 Å². The quantitative estimate of drug-likeness (QED) is 0.742. The summed E-state index contributed by atoms with van der Waals surface area (Å²) in [5.41, 5.74) is 2.77. The Kier molecular flexibility index (Phi) is 4.92. The lowest BCUT2D eigenvalue weighted by Crippen LogP contribution is -2.58. The standard InChI is InChI=1S/C23H30N4O3S/c1-7-23(15-9-8-10-16(11-15)31(29,30)13(2)3)18-14(4)26-27-20(18)24-17-12-22(5,6)25-21(28)19(17)23/h8-11,13,20,24H,7,12H2,1-6H3,(H,25,28)/t20?,23-/m0/s1. The molecule has 0 fully saturated rings. The molecule has 0 aliphatic carbocycles. The van der Waals surface area contributed by atoms with Crippen molar-refractivity contribution in [1.82, 2.24) is 10.6 Å². The van der Waals surface area contributed by atoms with Crippen molar-refractivity contribution < 1.29 is 13.2 Å². The first kappa shape index (κ1) is 21.7. The molecule has 2 atom stereocenters. The molecule has 2 N–H and O–H groups in total. The Morgan fingerprint density at radius 3 is 2.61 bits per heavy atom. The van der Waals surface area contributed by atoms with Crippen LogP contribution in [0.15, 0.2) is 61.9 Å². The molecule has 0 saturated heterocycles. The largest absolute Gasteiger partial charge is 0.362 e. The molecule has 31 heavy (non-hydrogen) atoms. The molecule has 0 bridgehead atoms. The van der Waals surface area contributed by atoms with Crippen LogP contribution in [0.25, 0.3) is 0 Å². The third-order valence-corrected chi connectivity index (χ3v) is 8.74. The van der Waals surface area contributed by atoms with E-state index in [9.17, 15) is 13.2 Å². The van der Waals surface area contributed by atoms with E-state index in [1.54, 1.807) is 32.0 Å². The van der Waals surface area contributed by atoms with Crippen LogP contribution in [0.3, 0.4) is 0 Å². The fourth-order valence-corrected chi connectivity index (χ4v) is 6.24. The molecule has 4 rings (SSSR count). The Bertz CT molecular complexity index is 1160. The Morgan fingerprint density at radius 1 is 1.26 bits per heavy atom. The van der Waals surface area contributed by atoms with E-state index in [0.29, 0.717) is 18.4 Å². The Balaban J connectivity index is 2.03. The van der Waals surface area contributed by atoms with Crippen molar-refractivity contribution in [2.45, 2.75) is 81.6 Å². The van der Waals surface area contributed by atoms with Crippen LogP contribution in [0.2, 0.25) is 0 Å². The monoisotopic (exact) mass is 442 g/mol. The number of hydrogen-bond acceptors (Lipinski definition) is 6. The van der Waals surface area contributed by atoms with Crippen LogP contribution < -0.4 is 10.6 Å². The van der Waals surface area contributed by atoms with Gasteiger partial charge in [0.2, 0.25) is 0 Å². The summed E-state index contributed by atoms with van der Waals surface area (Å²) in [6, 6.07) is 7.05. The summed E-state index contributed by atoms with van der Waals surface area (Å²) in [6.45, 7) is 11.3. The van der Waals surface area contributed by atoms with Crippen LogP contribution in [0.5, 0.6) is 0 Å². The number of hydrogen-bond donors (Lipinski definition) is 2. The fraction of sp³-hybridized carbons (Fsp3) is 0.522. The number of sulfone groups is 1. The number of benzene rings is 1. The highest BCUT2D eigenvalue weighted by molar-refractivity contribution is 7.92. The summed E-state index contributed by atoms with van der Waals surface area (Å²) in [4.78, 5) is 13.7. The number of nitrogens with zero attached hydrogens (tertiary/aromatic N) is 2. The molecule has 1 aromatic rings. The van der Waals surface area contributed by atoms with Gasteiger partial charge >= 0.3 is 0 Å². The number of nitrogens with one attached hydrogen (secondary N) is 2. The average molecular weight is 443 g/mol. The van der Waals surface area contributed by atoms with Gasteiger partial charge in [0.15, 0.2) is 16.0 Å². The van der Waals surface area contributed by atoms with E-state index in [0.717, 1.165) is 22.5 Å². The van der Waals surface area contributed by atoms with Crippen molar-refractivity contribution in [3.05, 3.63) is 52.4 Å². The first-order valence-electron chi connectivity index (χ1n) is 10.7. The second-order valence-electron chi connectivity index (χ2n) is 9.51. The first-order valence-corrected chi connectivity index (χ1v) is 12.3. The minimum Gasteiger partial charge on any atom is -0.362 e. The summed E-state index contributed by atoms with van der Waals surface area (Å²) < 4.78 is 25.9. The Hall–Kier alpha value is -2.48. The minimum absolute atomic E-state index is 0.136. The molecule has 3 aliphatic rings. The van der Waals surface area contributed by atoms with Crippen molar-refractivity contribution in [1.29, 1.82) is 0 Å². The van der Waals surface area contributed by atoms with E-state index in [4.69, 9.17) is 0 Å². The summed E-state index contributed by atoms with van der Waals surface area (Å²) in [7, 11) is -3.47. The number of fused-ring (bicyclic) bond motifs is 1. The summed E-state index contributed by atoms with van der Waals surface area (Å²) >= 11 is 0. The van der Waals surface area contributed by atoms with Crippen molar-refractivity contribution in [3.8, 4) is 0 Å². The van der Waals surface area contributed by atoms with Crippen LogP contribution in [-0.2, 0) is 20.0 Å². The number of azo groups is 1. The fourth-order valence-electron chi connectivity index (χ4n) is 5.13. The van der Waals surface area contributed by atoms with Gasteiger partial charge in [0.25, 0.3) is 5.91 Å². The van der Waals surface area contributed by atoms with Gasteiger partial charge in [-0.05, 0) is 58.7 Å². The van der Waals surface area contributed by atoms with E-state index >= 15 is 0 Å². The van der Waals surface area contributed by atoms with E-state index in [1.807, 2.05) is 33.8 Å². The van der Waals surface area contributed by atoms with Crippen molar-refractivity contribution in [3.63, 3.8) is 0 Å². The molecule has 0 aromatic heterocycles. The Morgan fingerprint density at radius 2 is 1.97 bits per heavy atom. The summed E-state index contributed by atoms with van der Waals surface area (Å²) in [5.74, 6) is -0.136. The molecule has 3 aliphatic heterocycles. The second-order valence-corrected chi connectivity index (χ2v) is 12.0. The predicted octanol–water partition coefficient (Wildman–Crippen LogP) is 3.74. The van der Waals surface area contributed by atoms with Crippen LogP contribution in [0, 0.1) is 0 Å². The van der Waals surface area contributed by atoms with Gasteiger partial charge in [0.05, 0.1) is 26.8 Å². The van der Waals surface area contributed by atoms with Crippen molar-refractivity contribution in [2.24, 2.45) is 10.2 Å². The van der Waals surface area contributed by atoms with E-state index < -0.39 is 26.0 Å². The van der Waals surface area contributed by atoms with Crippen molar-refractivity contribution in [2.75, 3.05) is 0 Å². The second kappa shape index (κ2) is 7.02. The van der Waals surface area contributed by atoms with Gasteiger partial charge in [0.1, 0.15) is 0 Å². The molecule has 0 saturated carbocycles. The topological polar surface area (TPSA) is 100.0 Å². The van der Waals surface area contributed by atoms with Crippen LogP contribution in [0.4, 0.5) is 0 Å². The maximum atomic E-state index is 13.5. The third kappa shape index (κ3) is 3.14. The molecule has 1 amide bonds. The molecule has 8 heteroatoms. The SMILES string of the molecule is CC[C@@]1(c2cccc(S(=O)(=O)C(C)C)c2)C2=C(CC(C)(C)NC2=O)NC2N=NC(C)=C21. The number of carbonyl (C=O) groups excluding carboxylic acids is 1. The predicted molar refractivity (Wildman–Crippen MR) is 119 cm³/mol. The highest BCUT2D eigenvalue weighted by Gasteiger charge is 2.54. The van der Waals surface area contributed by atoms with Gasteiger partial charge in [-0.3, -0.25) is 4.79 Å². The molecular weight excluding hydrogens is 412 g/mol. The molecular formula is C23H30N4O3S. The normalized spacial score (nSPS) is 27.2. The molecule has 0 radical (unpaired) electrons. The van der Waals surface area contributed by atoms with Crippen molar-refractivity contribution >= 4 is 15.7 Å². The number of carbonyl (C=O) groups is 1. The van der Waals surface area contributed by atoms with Gasteiger partial charge in [-0.1, -0.05) is 19.1 Å². The first-order chi connectivity index (χ1) is 14.4. The van der Waals surface area contributed by atoms with Crippen LogP contribution >= 0.6 is 0 Å². The summed E-state index contributed by atoms with van der Waals surface area (Å²) in [5, 5.41) is 14.8. The molecule has 1 unspecified atom stereocenters. The zero-order valence-corrected chi connectivity index (χ0v) is 19.7. The summed E-state index contributed by atoms with van der Waals surface area (Å²) in [6.07, 6.45) is 0.865. The van der Waals surface area contributed by atoms with Crippen LogP contribution in [0.1, 0.15) is 59.9 Å². The number of allylic oxidation sites excluding steroid dienone is 1. The highest BCUT2D eigenvalue weighted by atomic mass is 32.2. The number of rotatable bonds is 4. The number of amides is 1. The average Bonchev–Trinajstić information content (AvgIpc) is 3.06. The molecule has 7 nitrogen and oxygen atoms in total. The van der Waals surface area contributed by atoms with Gasteiger partial charge in [-0.15, -0.1) is 0 Å². The molecule has 0 spiro atoms. The van der Waals surface area contributed by atoms with E-state index in [1.165, 1.54) is 0 Å². The Labute approximate surface area is 184 Å². The third-order valence-electron chi connectivity index (χ3n) is 6.59. The maximum absolute atomic E-state index is 13.5. The van der Waals surface area contributed by atoms with Gasteiger partial charge < -0.3 is 10.6 Å². The molecule has 166 valence electrons. The van der Waals surface area contributed by atoms with E-state index in [2.05, 4.69) is 20.9 Å². The molecule has 3 heterocycles. The molecule has 1 aromatic carbocycles. The maximum Gasteiger partial charge on any atom is 0.250 e.